The standard InChI is InChI=1S/C28H28F3N7O4/c1-18-22(34-26-33-13-21(28(29,30)31)24(32-2)36-26)14-38(37-18)15-23(25(39)41-16-19-9-5-3-6-10-19)35-27(40)42-17-20-11-7-4-8-12-20/h3-14,23H,15-17H2,1-2H3,(H,35,40)(H2,32,33,34,36)/t23-/m0/s1. The van der Waals surface area contributed by atoms with E-state index in [1.54, 1.807) is 55.5 Å². The van der Waals surface area contributed by atoms with Crippen LogP contribution in [0.1, 0.15) is 22.4 Å². The number of amides is 1. The molecule has 0 radical (unpaired) electrons. The molecule has 1 atom stereocenters. The van der Waals surface area contributed by atoms with E-state index in [9.17, 15) is 22.8 Å². The number of benzene rings is 2. The third-order valence-corrected chi connectivity index (χ3v) is 5.91. The Bertz CT molecular complexity index is 1500. The summed E-state index contributed by atoms with van der Waals surface area (Å²) < 4.78 is 51.7. The summed E-state index contributed by atoms with van der Waals surface area (Å²) in [5, 5.41) is 12.1. The summed E-state index contributed by atoms with van der Waals surface area (Å²) in [6.07, 6.45) is -3.29. The third kappa shape index (κ3) is 8.19. The highest BCUT2D eigenvalue weighted by atomic mass is 19.4. The quantitative estimate of drug-likeness (QED) is 0.213. The van der Waals surface area contributed by atoms with Crippen molar-refractivity contribution in [1.82, 2.24) is 25.1 Å². The Balaban J connectivity index is 1.47. The van der Waals surface area contributed by atoms with Gasteiger partial charge in [-0.25, -0.2) is 14.6 Å². The fraction of sp³-hybridized carbons (Fsp3) is 0.250. The number of esters is 1. The number of aromatic nitrogens is 4. The average Bonchev–Trinajstić information content (AvgIpc) is 3.32. The van der Waals surface area contributed by atoms with Crippen molar-refractivity contribution in [2.45, 2.75) is 38.9 Å². The van der Waals surface area contributed by atoms with Crippen LogP contribution in [0.15, 0.2) is 73.1 Å². The number of nitrogens with one attached hydrogen (secondary N) is 3. The molecule has 11 nitrogen and oxygen atoms in total. The van der Waals surface area contributed by atoms with Gasteiger partial charge in [-0.15, -0.1) is 0 Å². The van der Waals surface area contributed by atoms with Crippen LogP contribution in [0.2, 0.25) is 0 Å². The van der Waals surface area contributed by atoms with Crippen molar-refractivity contribution in [3.05, 3.63) is 95.4 Å². The average molecular weight is 584 g/mol. The summed E-state index contributed by atoms with van der Waals surface area (Å²) in [6, 6.07) is 16.9. The second-order valence-corrected chi connectivity index (χ2v) is 9.03. The number of carbonyl (C=O) groups is 2. The van der Waals surface area contributed by atoms with Crippen molar-refractivity contribution in [1.29, 1.82) is 0 Å². The second kappa shape index (κ2) is 13.5. The lowest BCUT2D eigenvalue weighted by Gasteiger charge is -2.18. The van der Waals surface area contributed by atoms with Gasteiger partial charge in [-0.05, 0) is 18.1 Å². The molecule has 0 saturated heterocycles. The van der Waals surface area contributed by atoms with Gasteiger partial charge in [0.25, 0.3) is 0 Å². The van der Waals surface area contributed by atoms with E-state index in [2.05, 4.69) is 31.0 Å². The molecule has 0 saturated carbocycles. The van der Waals surface area contributed by atoms with E-state index >= 15 is 0 Å². The fourth-order valence-electron chi connectivity index (χ4n) is 3.80. The van der Waals surface area contributed by atoms with Gasteiger partial charge in [0.05, 0.1) is 17.9 Å². The number of hydrogen-bond acceptors (Lipinski definition) is 9. The Kier molecular flexibility index (Phi) is 9.57. The largest absolute Gasteiger partial charge is 0.459 e. The summed E-state index contributed by atoms with van der Waals surface area (Å²) in [6.45, 7) is 1.49. The fourth-order valence-corrected chi connectivity index (χ4v) is 3.80. The molecule has 0 fully saturated rings. The summed E-state index contributed by atoms with van der Waals surface area (Å²) in [4.78, 5) is 33.3. The maximum absolute atomic E-state index is 13.2. The predicted molar refractivity (Wildman–Crippen MR) is 147 cm³/mol. The molecule has 2 aromatic carbocycles. The Morgan fingerprint density at radius 1 is 0.976 bits per heavy atom. The topological polar surface area (TPSA) is 132 Å². The minimum absolute atomic E-state index is 0.00482. The first kappa shape index (κ1) is 29.8. The van der Waals surface area contributed by atoms with Crippen LogP contribution >= 0.6 is 0 Å². The lowest BCUT2D eigenvalue weighted by atomic mass is 10.2. The molecule has 0 aliphatic heterocycles. The summed E-state index contributed by atoms with van der Waals surface area (Å²) in [5.41, 5.74) is 1.33. The van der Waals surface area contributed by atoms with E-state index in [1.807, 2.05) is 12.1 Å². The SMILES string of the molecule is CNc1nc(Nc2cn(C[C@H](NC(=O)OCc3ccccc3)C(=O)OCc3ccccc3)nc2C)ncc1C(F)(F)F. The van der Waals surface area contributed by atoms with Crippen molar-refractivity contribution < 1.29 is 32.2 Å². The second-order valence-electron chi connectivity index (χ2n) is 9.03. The van der Waals surface area contributed by atoms with Crippen LogP contribution in [0.4, 0.5) is 35.4 Å². The zero-order chi connectivity index (χ0) is 30.1. The van der Waals surface area contributed by atoms with Crippen LogP contribution in [0.5, 0.6) is 0 Å². The highest BCUT2D eigenvalue weighted by Crippen LogP contribution is 2.34. The minimum atomic E-state index is -4.63. The number of nitrogens with zero attached hydrogens (tertiary/aromatic N) is 4. The smallest absolute Gasteiger partial charge is 0.421 e. The van der Waals surface area contributed by atoms with Gasteiger partial charge in [0, 0.05) is 19.4 Å². The Morgan fingerprint density at radius 3 is 2.19 bits per heavy atom. The molecule has 4 rings (SSSR count). The predicted octanol–water partition coefficient (Wildman–Crippen LogP) is 4.82. The first-order valence-corrected chi connectivity index (χ1v) is 12.7. The van der Waals surface area contributed by atoms with Crippen LogP contribution in [0.25, 0.3) is 0 Å². The van der Waals surface area contributed by atoms with Crippen LogP contribution in [0, 0.1) is 6.92 Å². The van der Waals surface area contributed by atoms with Gasteiger partial charge in [-0.2, -0.15) is 23.3 Å². The molecular weight excluding hydrogens is 555 g/mol. The van der Waals surface area contributed by atoms with Crippen LogP contribution in [-0.2, 0) is 40.2 Å². The molecule has 3 N–H and O–H groups in total. The van der Waals surface area contributed by atoms with Crippen molar-refractivity contribution in [3.63, 3.8) is 0 Å². The summed E-state index contributed by atoms with van der Waals surface area (Å²) in [7, 11) is 1.32. The molecule has 0 bridgehead atoms. The van der Waals surface area contributed by atoms with Crippen molar-refractivity contribution in [2.24, 2.45) is 0 Å². The zero-order valence-corrected chi connectivity index (χ0v) is 22.7. The van der Waals surface area contributed by atoms with E-state index in [4.69, 9.17) is 9.47 Å². The zero-order valence-electron chi connectivity index (χ0n) is 22.7. The monoisotopic (exact) mass is 583 g/mol. The third-order valence-electron chi connectivity index (χ3n) is 5.91. The van der Waals surface area contributed by atoms with E-state index in [1.165, 1.54) is 17.9 Å². The van der Waals surface area contributed by atoms with E-state index < -0.39 is 35.7 Å². The first-order chi connectivity index (χ1) is 20.1. The van der Waals surface area contributed by atoms with Gasteiger partial charge in [0.2, 0.25) is 5.95 Å². The van der Waals surface area contributed by atoms with Gasteiger partial charge in [-0.1, -0.05) is 60.7 Å². The molecule has 2 heterocycles. The van der Waals surface area contributed by atoms with Gasteiger partial charge < -0.3 is 25.4 Å². The molecule has 220 valence electrons. The molecule has 0 aliphatic carbocycles. The van der Waals surface area contributed by atoms with Crippen molar-refractivity contribution in [2.75, 3.05) is 17.7 Å². The highest BCUT2D eigenvalue weighted by molar-refractivity contribution is 5.81. The molecule has 0 aliphatic rings. The lowest BCUT2D eigenvalue weighted by Crippen LogP contribution is -2.45. The molecule has 4 aromatic rings. The molecule has 2 aromatic heterocycles. The minimum Gasteiger partial charge on any atom is -0.459 e. The van der Waals surface area contributed by atoms with Crippen LogP contribution in [0.3, 0.4) is 0 Å². The number of rotatable bonds is 11. The Morgan fingerprint density at radius 2 is 1.60 bits per heavy atom. The van der Waals surface area contributed by atoms with Gasteiger partial charge in [-0.3, -0.25) is 4.68 Å². The first-order valence-electron chi connectivity index (χ1n) is 12.7. The van der Waals surface area contributed by atoms with Gasteiger partial charge in [0.1, 0.15) is 30.6 Å². The maximum Gasteiger partial charge on any atom is 0.421 e. The van der Waals surface area contributed by atoms with Crippen molar-refractivity contribution >= 4 is 29.5 Å². The van der Waals surface area contributed by atoms with E-state index in [0.717, 1.165) is 11.1 Å². The number of aryl methyl sites for hydroxylation is 1. The number of alkyl halides is 3. The van der Waals surface area contributed by atoms with Crippen LogP contribution < -0.4 is 16.0 Å². The maximum atomic E-state index is 13.2. The normalized spacial score (nSPS) is 11.8. The van der Waals surface area contributed by atoms with E-state index in [0.29, 0.717) is 17.6 Å². The molecule has 42 heavy (non-hydrogen) atoms. The number of anilines is 3. The highest BCUT2D eigenvalue weighted by Gasteiger charge is 2.35. The Hall–Kier alpha value is -5.14. The van der Waals surface area contributed by atoms with E-state index in [-0.39, 0.29) is 25.7 Å². The molecule has 0 unspecified atom stereocenters. The summed E-state index contributed by atoms with van der Waals surface area (Å²) >= 11 is 0. The van der Waals surface area contributed by atoms with Crippen LogP contribution in [-0.4, -0.2) is 44.9 Å². The lowest BCUT2D eigenvalue weighted by molar-refractivity contribution is -0.147. The number of halogens is 3. The number of carbonyl (C=O) groups excluding carboxylic acids is 2. The molecule has 1 amide bonds. The number of alkyl carbamates (subject to hydrolysis) is 1. The van der Waals surface area contributed by atoms with Crippen molar-refractivity contribution in [3.8, 4) is 0 Å². The van der Waals surface area contributed by atoms with Gasteiger partial charge in [0.15, 0.2) is 0 Å². The molecule has 0 spiro atoms. The summed E-state index contributed by atoms with van der Waals surface area (Å²) in [5.74, 6) is -1.22. The molecule has 14 heteroatoms. The number of ether oxygens (including phenoxy) is 2. The Labute approximate surface area is 239 Å². The number of hydrogen-bond donors (Lipinski definition) is 3. The van der Waals surface area contributed by atoms with Gasteiger partial charge >= 0.3 is 18.2 Å². The molecular formula is C28H28F3N7O4.